The molecule has 0 unspecified atom stereocenters. The zero-order valence-electron chi connectivity index (χ0n) is 21.9. The number of nitrogens with zero attached hydrogens (tertiary/aromatic N) is 4. The normalized spacial score (nSPS) is 21.7. The largest absolute Gasteiger partial charge is 0.481 e. The van der Waals surface area contributed by atoms with Crippen LogP contribution in [0.2, 0.25) is 0 Å². The Hall–Kier alpha value is -3.44. The smallest absolute Gasteiger partial charge is 0.333 e. The van der Waals surface area contributed by atoms with E-state index >= 15 is 0 Å². The molecule has 3 aliphatic heterocycles. The molecule has 0 spiro atoms. The molecule has 3 aromatic rings. The first-order valence-corrected chi connectivity index (χ1v) is 15.2. The van der Waals surface area contributed by atoms with Gasteiger partial charge in [-0.25, -0.2) is 14.5 Å². The molecule has 0 atom stereocenters. The molecule has 11 heteroatoms. The molecule has 8 rings (SSSR count). The van der Waals surface area contributed by atoms with Crippen LogP contribution in [0.1, 0.15) is 66.4 Å². The number of methoxy groups -OCH3 is 1. The molecule has 204 valence electrons. The van der Waals surface area contributed by atoms with E-state index in [0.29, 0.717) is 24.0 Å². The van der Waals surface area contributed by atoms with E-state index in [0.717, 1.165) is 91.5 Å². The number of hydrogen-bond acceptors (Lipinski definition) is 7. The zero-order valence-corrected chi connectivity index (χ0v) is 22.8. The lowest BCUT2D eigenvalue weighted by atomic mass is 9.94. The number of sulfonamides is 1. The molecular weight excluding hydrogens is 516 g/mol. The first-order valence-electron chi connectivity index (χ1n) is 13.7. The fourth-order valence-electron chi connectivity index (χ4n) is 6.49. The number of urea groups is 1. The van der Waals surface area contributed by atoms with E-state index in [1.165, 1.54) is 0 Å². The first kappa shape index (κ1) is 24.6. The van der Waals surface area contributed by atoms with Crippen molar-refractivity contribution in [3.8, 4) is 17.0 Å². The van der Waals surface area contributed by atoms with E-state index in [9.17, 15) is 13.2 Å². The molecule has 2 fully saturated rings. The molecule has 1 saturated heterocycles. The van der Waals surface area contributed by atoms with Crippen LogP contribution in [0.15, 0.2) is 35.5 Å². The molecule has 39 heavy (non-hydrogen) atoms. The molecule has 5 aliphatic rings. The molecule has 5 heterocycles. The number of ether oxygens (including phenoxy) is 1. The predicted molar refractivity (Wildman–Crippen MR) is 145 cm³/mol. The number of hydrogen-bond donors (Lipinski definition) is 2. The number of anilines is 1. The highest BCUT2D eigenvalue weighted by Crippen LogP contribution is 2.44. The third kappa shape index (κ3) is 4.37. The maximum Gasteiger partial charge on any atom is 0.333 e. The summed E-state index contributed by atoms with van der Waals surface area (Å²) in [5.74, 6) is 0.777. The van der Waals surface area contributed by atoms with Crippen molar-refractivity contribution in [3.63, 3.8) is 0 Å². The number of aryl methyl sites for hydroxylation is 1. The molecule has 2 N–H and O–H groups in total. The van der Waals surface area contributed by atoms with Crippen LogP contribution < -0.4 is 14.8 Å². The van der Waals surface area contributed by atoms with Crippen molar-refractivity contribution >= 4 is 21.7 Å². The summed E-state index contributed by atoms with van der Waals surface area (Å²) in [6, 6.07) is 7.17. The standard InChI is InChI=1S/C28H32N6O4S/c1-38-24-15-19(9-12-29-24)22-8-5-17-3-2-4-21(17)25(22)30-28(35)32-39(36,37)27-23-16-33-13-10-18(11-14-33)26(23)34(31-27)20-6-7-20/h5,8-9,12,15,18,20H,2-4,6-7,10-11,13-14,16H2,1H3,(H2,30,32,35). The van der Waals surface area contributed by atoms with E-state index in [-0.39, 0.29) is 11.1 Å². The topological polar surface area (TPSA) is 118 Å². The summed E-state index contributed by atoms with van der Waals surface area (Å²) in [4.78, 5) is 19.8. The van der Waals surface area contributed by atoms with Gasteiger partial charge in [0, 0.05) is 41.5 Å². The molecule has 1 aromatic carbocycles. The molecule has 2 amide bonds. The van der Waals surface area contributed by atoms with Crippen molar-refractivity contribution in [2.24, 2.45) is 0 Å². The van der Waals surface area contributed by atoms with Gasteiger partial charge >= 0.3 is 6.03 Å². The van der Waals surface area contributed by atoms with Crippen LogP contribution in [0, 0.1) is 0 Å². The van der Waals surface area contributed by atoms with Gasteiger partial charge in [-0.05, 0) is 80.8 Å². The van der Waals surface area contributed by atoms with Crippen LogP contribution in [-0.4, -0.2) is 54.3 Å². The third-order valence-corrected chi connectivity index (χ3v) is 9.81. The third-order valence-electron chi connectivity index (χ3n) is 8.52. The molecule has 10 nitrogen and oxygen atoms in total. The summed E-state index contributed by atoms with van der Waals surface area (Å²) < 4.78 is 36.9. The second-order valence-electron chi connectivity index (χ2n) is 11.0. The number of aromatic nitrogens is 3. The van der Waals surface area contributed by atoms with Gasteiger partial charge in [0.1, 0.15) is 0 Å². The van der Waals surface area contributed by atoms with E-state index in [1.54, 1.807) is 19.4 Å². The minimum atomic E-state index is -4.19. The number of pyridine rings is 1. The quantitative estimate of drug-likeness (QED) is 0.478. The summed E-state index contributed by atoms with van der Waals surface area (Å²) in [5.41, 5.74) is 6.26. The van der Waals surface area contributed by atoms with Crippen LogP contribution in [0.4, 0.5) is 10.5 Å². The van der Waals surface area contributed by atoms with Crippen molar-refractivity contribution in [3.05, 3.63) is 52.8 Å². The van der Waals surface area contributed by atoms with Gasteiger partial charge in [0.25, 0.3) is 10.0 Å². The van der Waals surface area contributed by atoms with Gasteiger partial charge in [-0.2, -0.15) is 13.5 Å². The Kier molecular flexibility index (Phi) is 5.89. The maximum atomic E-state index is 13.7. The number of piperidine rings is 1. The molecule has 2 bridgehead atoms. The zero-order chi connectivity index (χ0) is 26.7. The van der Waals surface area contributed by atoms with E-state index in [2.05, 4.69) is 31.1 Å². The lowest BCUT2D eigenvalue weighted by Gasteiger charge is -2.27. The molecule has 2 aromatic heterocycles. The van der Waals surface area contributed by atoms with Gasteiger partial charge in [0.2, 0.25) is 10.9 Å². The average Bonchev–Trinajstić information content (AvgIpc) is 3.63. The monoisotopic (exact) mass is 548 g/mol. The fourth-order valence-corrected chi connectivity index (χ4v) is 7.57. The highest BCUT2D eigenvalue weighted by Gasteiger charge is 2.41. The maximum absolute atomic E-state index is 13.7. The van der Waals surface area contributed by atoms with Gasteiger partial charge in [-0.3, -0.25) is 9.58 Å². The van der Waals surface area contributed by atoms with Gasteiger partial charge in [0.05, 0.1) is 18.8 Å². The number of rotatable bonds is 6. The second kappa shape index (κ2) is 9.34. The lowest BCUT2D eigenvalue weighted by Crippen LogP contribution is -2.36. The number of benzene rings is 1. The van der Waals surface area contributed by atoms with Gasteiger partial charge in [-0.15, -0.1) is 0 Å². The second-order valence-corrected chi connectivity index (χ2v) is 12.6. The van der Waals surface area contributed by atoms with E-state index in [4.69, 9.17) is 4.74 Å². The van der Waals surface area contributed by atoms with Crippen LogP contribution in [0.3, 0.4) is 0 Å². The van der Waals surface area contributed by atoms with Gasteiger partial charge in [0.15, 0.2) is 0 Å². The molecular formula is C28H32N6O4S. The minimum Gasteiger partial charge on any atom is -0.481 e. The lowest BCUT2D eigenvalue weighted by molar-refractivity contribution is 0.216. The van der Waals surface area contributed by atoms with E-state index < -0.39 is 16.1 Å². The van der Waals surface area contributed by atoms with Crippen LogP contribution in [-0.2, 0) is 29.4 Å². The van der Waals surface area contributed by atoms with Crippen molar-refractivity contribution in [1.29, 1.82) is 0 Å². The number of carbonyl (C=O) groups excluding carboxylic acids is 1. The van der Waals surface area contributed by atoms with Crippen LogP contribution in [0.25, 0.3) is 11.1 Å². The number of fused-ring (bicyclic) bond motifs is 3. The molecule has 0 radical (unpaired) electrons. The predicted octanol–water partition coefficient (Wildman–Crippen LogP) is 3.98. The average molecular weight is 549 g/mol. The Morgan fingerprint density at radius 1 is 1.08 bits per heavy atom. The number of amides is 2. The van der Waals surface area contributed by atoms with Crippen molar-refractivity contribution in [2.45, 2.75) is 68.5 Å². The van der Waals surface area contributed by atoms with Crippen molar-refractivity contribution < 1.29 is 17.9 Å². The Bertz CT molecular complexity index is 1570. The van der Waals surface area contributed by atoms with Crippen molar-refractivity contribution in [2.75, 3.05) is 25.5 Å². The summed E-state index contributed by atoms with van der Waals surface area (Å²) in [5, 5.41) is 7.52. The van der Waals surface area contributed by atoms with Crippen LogP contribution >= 0.6 is 0 Å². The number of nitrogens with one attached hydrogen (secondary N) is 2. The minimum absolute atomic E-state index is 0.00395. The Morgan fingerprint density at radius 2 is 1.90 bits per heavy atom. The Morgan fingerprint density at radius 3 is 2.67 bits per heavy atom. The van der Waals surface area contributed by atoms with Gasteiger partial charge < -0.3 is 10.1 Å². The Balaban J connectivity index is 1.22. The van der Waals surface area contributed by atoms with E-state index in [1.807, 2.05) is 16.8 Å². The highest BCUT2D eigenvalue weighted by molar-refractivity contribution is 7.90. The fraction of sp³-hybridized carbons (Fsp3) is 0.464. The summed E-state index contributed by atoms with van der Waals surface area (Å²) >= 11 is 0. The Labute approximate surface area is 227 Å². The number of carbonyl (C=O) groups is 1. The summed E-state index contributed by atoms with van der Waals surface area (Å²) in [6.07, 6.45) is 8.42. The SMILES string of the molecule is COc1cc(-c2ccc3c(c2NC(=O)NS(=O)(=O)c2nn(C4CC4)c4c2CN2CCC4CC2)CCC3)ccn1. The van der Waals surface area contributed by atoms with Crippen LogP contribution in [0.5, 0.6) is 5.88 Å². The summed E-state index contributed by atoms with van der Waals surface area (Å²) in [7, 11) is -2.64. The summed E-state index contributed by atoms with van der Waals surface area (Å²) in [6.45, 7) is 2.47. The van der Waals surface area contributed by atoms with Crippen molar-refractivity contribution in [1.82, 2.24) is 24.4 Å². The first-order chi connectivity index (χ1) is 18.9. The molecule has 2 aliphatic carbocycles. The molecule has 1 saturated carbocycles. The highest BCUT2D eigenvalue weighted by atomic mass is 32.2. The van der Waals surface area contributed by atoms with Gasteiger partial charge in [-0.1, -0.05) is 12.1 Å².